The van der Waals surface area contributed by atoms with Crippen LogP contribution in [0, 0.1) is 12.7 Å². The lowest BCUT2D eigenvalue weighted by molar-refractivity contribution is -0.116. The minimum absolute atomic E-state index is 0.0237. The van der Waals surface area contributed by atoms with Gasteiger partial charge in [-0.25, -0.2) is 4.39 Å². The molecule has 130 valence electrons. The van der Waals surface area contributed by atoms with Crippen molar-refractivity contribution < 1.29 is 9.18 Å². The van der Waals surface area contributed by atoms with Crippen molar-refractivity contribution in [3.8, 4) is 0 Å². The van der Waals surface area contributed by atoms with Gasteiger partial charge >= 0.3 is 0 Å². The molecule has 0 saturated heterocycles. The Hall–Kier alpha value is -2.38. The topological polar surface area (TPSA) is 64.7 Å². The van der Waals surface area contributed by atoms with Crippen LogP contribution in [0.2, 0.25) is 10.0 Å². The third-order valence-electron chi connectivity index (χ3n) is 3.46. The van der Waals surface area contributed by atoms with Gasteiger partial charge in [-0.05, 0) is 13.0 Å². The van der Waals surface area contributed by atoms with Crippen molar-refractivity contribution in [2.45, 2.75) is 20.0 Å². The Labute approximate surface area is 153 Å². The van der Waals surface area contributed by atoms with E-state index in [2.05, 4.69) is 15.5 Å². The Bertz CT molecular complexity index is 902. The fourth-order valence-corrected chi connectivity index (χ4v) is 2.61. The maximum atomic E-state index is 13.7. The van der Waals surface area contributed by atoms with Crippen LogP contribution >= 0.6 is 23.2 Å². The molecule has 0 fully saturated rings. The zero-order valence-corrected chi connectivity index (χ0v) is 14.7. The Balaban J connectivity index is 1.68. The number of nitrogens with one attached hydrogen (secondary N) is 1. The molecule has 0 unspecified atom stereocenters. The summed E-state index contributed by atoms with van der Waals surface area (Å²) < 4.78 is 16.6. The molecule has 3 aromatic rings. The Morgan fingerprint density at radius 3 is 2.56 bits per heavy atom. The summed E-state index contributed by atoms with van der Waals surface area (Å²) in [5.41, 5.74) is 1.11. The Kier molecular flexibility index (Phi) is 5.06. The summed E-state index contributed by atoms with van der Waals surface area (Å²) in [6.45, 7) is 1.93. The molecule has 0 spiro atoms. The molecule has 25 heavy (non-hydrogen) atoms. The monoisotopic (exact) mass is 381 g/mol. The number of amides is 1. The summed E-state index contributed by atoms with van der Waals surface area (Å²) in [7, 11) is 0. The number of hydrogen-bond donors (Lipinski definition) is 1. The first-order chi connectivity index (χ1) is 11.9. The molecule has 1 aromatic carbocycles. The SMILES string of the molecule is Cc1nn(CC(=O)Nc2nn(Cc3ccccc3F)cc2Cl)cc1Cl. The number of carbonyl (C=O) groups excluding carboxylic acids is 1. The summed E-state index contributed by atoms with van der Waals surface area (Å²) in [4.78, 5) is 12.1. The first-order valence-corrected chi connectivity index (χ1v) is 8.13. The lowest BCUT2D eigenvalue weighted by Crippen LogP contribution is -2.19. The minimum atomic E-state index is -0.350. The maximum absolute atomic E-state index is 13.7. The highest BCUT2D eigenvalue weighted by Gasteiger charge is 2.13. The molecule has 0 bridgehead atoms. The minimum Gasteiger partial charge on any atom is -0.306 e. The van der Waals surface area contributed by atoms with E-state index in [1.54, 1.807) is 31.3 Å². The molecular formula is C16H14Cl2FN5O. The van der Waals surface area contributed by atoms with Gasteiger partial charge < -0.3 is 5.32 Å². The van der Waals surface area contributed by atoms with E-state index in [0.29, 0.717) is 16.3 Å². The summed E-state index contributed by atoms with van der Waals surface area (Å²) >= 11 is 12.0. The van der Waals surface area contributed by atoms with Gasteiger partial charge in [-0.15, -0.1) is 0 Å². The van der Waals surface area contributed by atoms with Crippen LogP contribution in [0.1, 0.15) is 11.3 Å². The average Bonchev–Trinajstić information content (AvgIpc) is 3.04. The smallest absolute Gasteiger partial charge is 0.247 e. The maximum Gasteiger partial charge on any atom is 0.247 e. The molecule has 0 radical (unpaired) electrons. The highest BCUT2D eigenvalue weighted by Crippen LogP contribution is 2.21. The number of anilines is 1. The fraction of sp³-hybridized carbons (Fsp3) is 0.188. The van der Waals surface area contributed by atoms with E-state index >= 15 is 0 Å². The molecule has 1 N–H and O–H groups in total. The van der Waals surface area contributed by atoms with E-state index in [0.717, 1.165) is 0 Å². The summed E-state index contributed by atoms with van der Waals surface area (Å²) in [6, 6.07) is 6.39. The van der Waals surface area contributed by atoms with Gasteiger partial charge in [0.1, 0.15) is 17.4 Å². The van der Waals surface area contributed by atoms with Gasteiger partial charge in [-0.1, -0.05) is 41.4 Å². The van der Waals surface area contributed by atoms with Crippen LogP contribution in [0.5, 0.6) is 0 Å². The van der Waals surface area contributed by atoms with E-state index in [1.807, 2.05) is 0 Å². The lowest BCUT2D eigenvalue weighted by Gasteiger charge is -2.04. The van der Waals surface area contributed by atoms with Crippen LogP contribution < -0.4 is 5.32 Å². The third kappa shape index (κ3) is 4.18. The molecule has 2 aromatic heterocycles. The molecular weight excluding hydrogens is 368 g/mol. The molecule has 9 heteroatoms. The molecule has 3 rings (SSSR count). The summed E-state index contributed by atoms with van der Waals surface area (Å²) in [5.74, 6) is -0.471. The fourth-order valence-electron chi connectivity index (χ4n) is 2.26. The van der Waals surface area contributed by atoms with Crippen molar-refractivity contribution in [3.63, 3.8) is 0 Å². The van der Waals surface area contributed by atoms with Crippen LogP contribution in [0.3, 0.4) is 0 Å². The zero-order chi connectivity index (χ0) is 18.0. The highest BCUT2D eigenvalue weighted by molar-refractivity contribution is 6.33. The van der Waals surface area contributed by atoms with Crippen molar-refractivity contribution in [2.75, 3.05) is 5.32 Å². The van der Waals surface area contributed by atoms with E-state index in [-0.39, 0.29) is 35.7 Å². The number of aromatic nitrogens is 4. The van der Waals surface area contributed by atoms with Gasteiger partial charge in [0.25, 0.3) is 0 Å². The van der Waals surface area contributed by atoms with Crippen LogP contribution in [0.25, 0.3) is 0 Å². The van der Waals surface area contributed by atoms with Gasteiger partial charge in [-0.3, -0.25) is 14.2 Å². The van der Waals surface area contributed by atoms with Crippen molar-refractivity contribution in [2.24, 2.45) is 0 Å². The molecule has 0 aliphatic carbocycles. The molecule has 1 amide bonds. The van der Waals surface area contributed by atoms with Crippen LogP contribution in [0.15, 0.2) is 36.7 Å². The first-order valence-electron chi connectivity index (χ1n) is 7.38. The molecule has 2 heterocycles. The predicted octanol–water partition coefficient (Wildman–Crippen LogP) is 3.52. The third-order valence-corrected chi connectivity index (χ3v) is 4.10. The predicted molar refractivity (Wildman–Crippen MR) is 93.3 cm³/mol. The van der Waals surface area contributed by atoms with Crippen LogP contribution in [-0.2, 0) is 17.9 Å². The summed E-state index contributed by atoms with van der Waals surface area (Å²) in [6.07, 6.45) is 3.09. The molecule has 0 saturated carbocycles. The molecule has 6 nitrogen and oxygen atoms in total. The normalized spacial score (nSPS) is 10.9. The van der Waals surface area contributed by atoms with E-state index < -0.39 is 0 Å². The summed E-state index contributed by atoms with van der Waals surface area (Å²) in [5, 5.41) is 11.6. The number of hydrogen-bond acceptors (Lipinski definition) is 3. The second-order valence-electron chi connectivity index (χ2n) is 5.42. The second-order valence-corrected chi connectivity index (χ2v) is 6.24. The van der Waals surface area contributed by atoms with Gasteiger partial charge in [-0.2, -0.15) is 10.2 Å². The standard InChI is InChI=1S/C16H14Cl2FN5O/c1-10-12(17)7-24(21-10)9-15(25)20-16-13(18)8-23(22-16)6-11-4-2-3-5-14(11)19/h2-5,7-8H,6,9H2,1H3,(H,20,22,25). The van der Waals surface area contributed by atoms with Gasteiger partial charge in [0.15, 0.2) is 5.82 Å². The van der Waals surface area contributed by atoms with Gasteiger partial charge in [0.2, 0.25) is 5.91 Å². The number of benzene rings is 1. The molecule has 0 aliphatic heterocycles. The Morgan fingerprint density at radius 2 is 1.88 bits per heavy atom. The van der Waals surface area contributed by atoms with Gasteiger partial charge in [0.05, 0.1) is 17.3 Å². The number of carbonyl (C=O) groups is 1. The molecule has 0 atom stereocenters. The van der Waals surface area contributed by atoms with E-state index in [9.17, 15) is 9.18 Å². The van der Waals surface area contributed by atoms with Crippen molar-refractivity contribution in [1.29, 1.82) is 0 Å². The lowest BCUT2D eigenvalue weighted by atomic mass is 10.2. The molecule has 0 aliphatic rings. The van der Waals surface area contributed by atoms with E-state index in [4.69, 9.17) is 23.2 Å². The van der Waals surface area contributed by atoms with Gasteiger partial charge in [0, 0.05) is 18.0 Å². The van der Waals surface area contributed by atoms with E-state index in [1.165, 1.54) is 21.6 Å². The number of halogens is 3. The second kappa shape index (κ2) is 7.25. The largest absolute Gasteiger partial charge is 0.306 e. The highest BCUT2D eigenvalue weighted by atomic mass is 35.5. The van der Waals surface area contributed by atoms with Crippen molar-refractivity contribution in [1.82, 2.24) is 19.6 Å². The number of rotatable bonds is 5. The first kappa shape index (κ1) is 17.4. The van der Waals surface area contributed by atoms with Crippen LogP contribution in [0.4, 0.5) is 10.2 Å². The quantitative estimate of drug-likeness (QED) is 0.735. The van der Waals surface area contributed by atoms with Crippen LogP contribution in [-0.4, -0.2) is 25.5 Å². The number of aryl methyl sites for hydroxylation is 1. The van der Waals surface area contributed by atoms with Crippen molar-refractivity contribution in [3.05, 3.63) is 63.8 Å². The average molecular weight is 382 g/mol. The number of nitrogens with zero attached hydrogens (tertiary/aromatic N) is 4. The zero-order valence-electron chi connectivity index (χ0n) is 13.2. The Morgan fingerprint density at radius 1 is 1.16 bits per heavy atom. The van der Waals surface area contributed by atoms with Crippen molar-refractivity contribution >= 4 is 34.9 Å².